The Balaban J connectivity index is 2.24. The molecule has 2 N–H and O–H groups in total. The molecule has 1 fully saturated rings. The number of amides is 1. The van der Waals surface area contributed by atoms with E-state index >= 15 is 0 Å². The number of nitrogens with one attached hydrogen (secondary N) is 1. The fraction of sp³-hybridized carbons (Fsp3) is 0.467. The summed E-state index contributed by atoms with van der Waals surface area (Å²) in [4.78, 5) is 23.3. The van der Waals surface area contributed by atoms with E-state index in [0.717, 1.165) is 12.1 Å². The molecule has 1 aromatic carbocycles. The summed E-state index contributed by atoms with van der Waals surface area (Å²) < 4.78 is 38.3. The van der Waals surface area contributed by atoms with Crippen molar-refractivity contribution in [2.24, 2.45) is 0 Å². The van der Waals surface area contributed by atoms with Crippen molar-refractivity contribution in [3.63, 3.8) is 0 Å². The van der Waals surface area contributed by atoms with E-state index < -0.39 is 35.1 Å². The molecule has 1 aromatic rings. The second-order valence-corrected chi connectivity index (χ2v) is 5.43. The van der Waals surface area contributed by atoms with Gasteiger partial charge in [-0.05, 0) is 30.9 Å². The van der Waals surface area contributed by atoms with E-state index in [2.05, 4.69) is 5.32 Å². The molecular formula is C15H16F3NO3. The van der Waals surface area contributed by atoms with Gasteiger partial charge < -0.3 is 10.4 Å². The van der Waals surface area contributed by atoms with Gasteiger partial charge in [-0.3, -0.25) is 4.79 Å². The molecule has 1 aliphatic carbocycles. The Kier molecular flexibility index (Phi) is 4.17. The molecule has 7 heteroatoms. The molecule has 1 aliphatic rings. The molecule has 0 radical (unpaired) electrons. The lowest BCUT2D eigenvalue weighted by molar-refractivity contribution is -0.142. The smallest absolute Gasteiger partial charge is 0.416 e. The van der Waals surface area contributed by atoms with Crippen LogP contribution in [0.2, 0.25) is 0 Å². The molecule has 4 nitrogen and oxygen atoms in total. The number of carboxylic acids is 1. The largest absolute Gasteiger partial charge is 0.480 e. The quantitative estimate of drug-likeness (QED) is 0.878. The lowest BCUT2D eigenvalue weighted by Crippen LogP contribution is -2.45. The summed E-state index contributed by atoms with van der Waals surface area (Å²) in [5, 5.41) is 11.4. The first kappa shape index (κ1) is 16.3. The number of aliphatic carboxylic acids is 1. The van der Waals surface area contributed by atoms with E-state index in [1.807, 2.05) is 0 Å². The molecule has 0 saturated heterocycles. The summed E-state index contributed by atoms with van der Waals surface area (Å²) in [5.74, 6) is -1.68. The van der Waals surface area contributed by atoms with Crippen LogP contribution in [0.15, 0.2) is 24.3 Å². The molecule has 0 spiro atoms. The Bertz CT molecular complexity index is 594. The highest BCUT2D eigenvalue weighted by Crippen LogP contribution is 2.49. The predicted molar refractivity (Wildman–Crippen MR) is 72.2 cm³/mol. The first-order chi connectivity index (χ1) is 10.2. The van der Waals surface area contributed by atoms with E-state index in [0.29, 0.717) is 12.8 Å². The van der Waals surface area contributed by atoms with Gasteiger partial charge in [-0.25, -0.2) is 4.79 Å². The van der Waals surface area contributed by atoms with Crippen LogP contribution in [0.25, 0.3) is 0 Å². The second kappa shape index (κ2) is 5.62. The number of hydrogen-bond donors (Lipinski definition) is 2. The third kappa shape index (κ3) is 3.08. The van der Waals surface area contributed by atoms with Crippen LogP contribution < -0.4 is 5.32 Å². The minimum Gasteiger partial charge on any atom is -0.480 e. The highest BCUT2D eigenvalue weighted by molar-refractivity contribution is 5.94. The third-order valence-electron chi connectivity index (χ3n) is 3.94. The van der Waals surface area contributed by atoms with Crippen LogP contribution in [0.3, 0.4) is 0 Å². The third-order valence-corrected chi connectivity index (χ3v) is 3.94. The van der Waals surface area contributed by atoms with E-state index in [4.69, 9.17) is 5.11 Å². The number of carbonyl (C=O) groups is 2. The van der Waals surface area contributed by atoms with Crippen LogP contribution in [-0.2, 0) is 21.2 Å². The molecule has 2 rings (SSSR count). The van der Waals surface area contributed by atoms with Crippen LogP contribution in [0.4, 0.5) is 13.2 Å². The Morgan fingerprint density at radius 1 is 1.36 bits per heavy atom. The number of hydrogen-bond acceptors (Lipinski definition) is 2. The zero-order valence-electron chi connectivity index (χ0n) is 11.9. The maximum absolute atomic E-state index is 12.8. The molecule has 1 atom stereocenters. The second-order valence-electron chi connectivity index (χ2n) is 5.43. The highest BCUT2D eigenvalue weighted by atomic mass is 19.4. The van der Waals surface area contributed by atoms with Crippen molar-refractivity contribution >= 4 is 11.9 Å². The van der Waals surface area contributed by atoms with E-state index in [9.17, 15) is 22.8 Å². The standard InChI is InChI=1S/C15H16F3NO3/c1-2-11(12(20)21)19-13(22)14(6-7-14)9-4-3-5-10(8-9)15(16,17)18/h3-5,8,11H,2,6-7H2,1H3,(H,19,22)(H,20,21). The van der Waals surface area contributed by atoms with Gasteiger partial charge in [-0.1, -0.05) is 25.1 Å². The molecule has 1 saturated carbocycles. The molecule has 120 valence electrons. The minimum absolute atomic E-state index is 0.208. The Hall–Kier alpha value is -2.05. The fourth-order valence-electron chi connectivity index (χ4n) is 2.40. The van der Waals surface area contributed by atoms with Crippen molar-refractivity contribution in [3.8, 4) is 0 Å². The number of benzene rings is 1. The molecule has 1 amide bonds. The first-order valence-corrected chi connectivity index (χ1v) is 6.92. The number of carbonyl (C=O) groups excluding carboxylic acids is 1. The molecule has 0 heterocycles. The lowest BCUT2D eigenvalue weighted by Gasteiger charge is -2.20. The van der Waals surface area contributed by atoms with Gasteiger partial charge in [0.1, 0.15) is 6.04 Å². The summed E-state index contributed by atoms with van der Waals surface area (Å²) in [6, 6.07) is 3.62. The summed E-state index contributed by atoms with van der Waals surface area (Å²) >= 11 is 0. The highest BCUT2D eigenvalue weighted by Gasteiger charge is 2.52. The van der Waals surface area contributed by atoms with E-state index in [-0.39, 0.29) is 12.0 Å². The van der Waals surface area contributed by atoms with Gasteiger partial charge in [0, 0.05) is 0 Å². The Morgan fingerprint density at radius 3 is 2.45 bits per heavy atom. The normalized spacial score (nSPS) is 17.6. The Labute approximate surface area is 125 Å². The predicted octanol–water partition coefficient (Wildman–Crippen LogP) is 2.72. The number of alkyl halides is 3. The Morgan fingerprint density at radius 2 is 2.00 bits per heavy atom. The number of carboxylic acid groups (broad SMARTS) is 1. The van der Waals surface area contributed by atoms with Crippen LogP contribution in [0.5, 0.6) is 0 Å². The summed E-state index contributed by atoms with van der Waals surface area (Å²) in [6.07, 6.45) is -3.44. The zero-order valence-corrected chi connectivity index (χ0v) is 11.9. The van der Waals surface area contributed by atoms with Gasteiger partial charge in [0.2, 0.25) is 5.91 Å². The van der Waals surface area contributed by atoms with Crippen molar-refractivity contribution in [3.05, 3.63) is 35.4 Å². The van der Waals surface area contributed by atoms with Crippen molar-refractivity contribution < 1.29 is 27.9 Å². The maximum atomic E-state index is 12.8. The SMILES string of the molecule is CCC(NC(=O)C1(c2cccc(C(F)(F)F)c2)CC1)C(=O)O. The topological polar surface area (TPSA) is 66.4 Å². The van der Waals surface area contributed by atoms with Crippen LogP contribution >= 0.6 is 0 Å². The summed E-state index contributed by atoms with van der Waals surface area (Å²) in [7, 11) is 0. The average molecular weight is 315 g/mol. The fourth-order valence-corrected chi connectivity index (χ4v) is 2.40. The van der Waals surface area contributed by atoms with Gasteiger partial charge in [0.25, 0.3) is 0 Å². The number of halogens is 3. The van der Waals surface area contributed by atoms with Crippen LogP contribution in [-0.4, -0.2) is 23.0 Å². The maximum Gasteiger partial charge on any atom is 0.416 e. The number of rotatable bonds is 5. The lowest BCUT2D eigenvalue weighted by atomic mass is 9.93. The van der Waals surface area contributed by atoms with Crippen molar-refractivity contribution in [2.75, 3.05) is 0 Å². The summed E-state index contributed by atoms with van der Waals surface area (Å²) in [6.45, 7) is 1.61. The monoisotopic (exact) mass is 315 g/mol. The van der Waals surface area contributed by atoms with Gasteiger partial charge >= 0.3 is 12.1 Å². The van der Waals surface area contributed by atoms with Gasteiger partial charge in [0.05, 0.1) is 11.0 Å². The molecule has 0 bridgehead atoms. The average Bonchev–Trinajstić information content (AvgIpc) is 3.25. The van der Waals surface area contributed by atoms with Gasteiger partial charge in [0.15, 0.2) is 0 Å². The molecule has 22 heavy (non-hydrogen) atoms. The van der Waals surface area contributed by atoms with Gasteiger partial charge in [-0.15, -0.1) is 0 Å². The van der Waals surface area contributed by atoms with E-state index in [1.54, 1.807) is 6.92 Å². The van der Waals surface area contributed by atoms with Crippen molar-refractivity contribution in [1.82, 2.24) is 5.32 Å². The van der Waals surface area contributed by atoms with Gasteiger partial charge in [-0.2, -0.15) is 13.2 Å². The zero-order chi connectivity index (χ0) is 16.5. The molecular weight excluding hydrogens is 299 g/mol. The molecule has 0 aromatic heterocycles. The molecule has 0 aliphatic heterocycles. The minimum atomic E-state index is -4.48. The van der Waals surface area contributed by atoms with Crippen molar-refractivity contribution in [2.45, 2.75) is 43.8 Å². The van der Waals surface area contributed by atoms with Crippen LogP contribution in [0, 0.1) is 0 Å². The van der Waals surface area contributed by atoms with E-state index in [1.165, 1.54) is 12.1 Å². The first-order valence-electron chi connectivity index (χ1n) is 6.92. The van der Waals surface area contributed by atoms with Crippen molar-refractivity contribution in [1.29, 1.82) is 0 Å². The van der Waals surface area contributed by atoms with Crippen LogP contribution in [0.1, 0.15) is 37.3 Å². The summed E-state index contributed by atoms with van der Waals surface area (Å²) in [5.41, 5.74) is -1.57. The molecule has 1 unspecified atom stereocenters.